The highest BCUT2D eigenvalue weighted by Crippen LogP contribution is 2.41. The fourth-order valence-electron chi connectivity index (χ4n) is 4.82. The van der Waals surface area contributed by atoms with Crippen LogP contribution in [0.2, 0.25) is 0 Å². The average molecular weight is 545 g/mol. The van der Waals surface area contributed by atoms with Gasteiger partial charge in [-0.25, -0.2) is 9.50 Å². The first kappa shape index (κ1) is 29.0. The molecule has 0 aliphatic heterocycles. The predicted octanol–water partition coefficient (Wildman–Crippen LogP) is 4.01. The molecule has 1 aromatic carbocycles. The van der Waals surface area contributed by atoms with Gasteiger partial charge in [-0.2, -0.15) is 5.10 Å². The van der Waals surface area contributed by atoms with E-state index in [4.69, 9.17) is 0 Å². The van der Waals surface area contributed by atoms with Crippen LogP contribution in [0.4, 0.5) is 0 Å². The van der Waals surface area contributed by atoms with E-state index in [0.29, 0.717) is 29.2 Å². The van der Waals surface area contributed by atoms with Crippen LogP contribution in [0.1, 0.15) is 72.0 Å². The third-order valence-corrected chi connectivity index (χ3v) is 7.29. The minimum atomic E-state index is -0.327. The summed E-state index contributed by atoms with van der Waals surface area (Å²) in [5, 5.41) is 17.1. The Kier molecular flexibility index (Phi) is 9.71. The number of rotatable bonds is 12. The van der Waals surface area contributed by atoms with Gasteiger partial charge >= 0.3 is 0 Å². The number of hydrogen-bond donors (Lipinski definition) is 2. The van der Waals surface area contributed by atoms with Gasteiger partial charge in [0.2, 0.25) is 5.91 Å². The number of carbonyl (C=O) groups is 2. The third-order valence-electron chi connectivity index (χ3n) is 7.29. The third kappa shape index (κ3) is 6.77. The molecule has 4 rings (SSSR count). The van der Waals surface area contributed by atoms with Crippen LogP contribution in [0, 0.1) is 0 Å². The van der Waals surface area contributed by atoms with Crippen molar-refractivity contribution in [2.75, 3.05) is 34.3 Å². The van der Waals surface area contributed by atoms with Crippen molar-refractivity contribution in [1.82, 2.24) is 29.7 Å². The van der Waals surface area contributed by atoms with Gasteiger partial charge in [-0.15, -0.1) is 0 Å². The highest BCUT2D eigenvalue weighted by Gasteiger charge is 2.26. The topological polar surface area (TPSA) is 103 Å². The van der Waals surface area contributed by atoms with Crippen molar-refractivity contribution >= 4 is 23.0 Å². The summed E-state index contributed by atoms with van der Waals surface area (Å²) in [6.07, 6.45) is 14.7. The maximum atomic E-state index is 13.7. The number of amides is 2. The van der Waals surface area contributed by atoms with E-state index in [-0.39, 0.29) is 25.0 Å². The lowest BCUT2D eigenvalue weighted by molar-refractivity contribution is -0.129. The standard InChI is InChI=1S/C31H40N6O3/c1-5-6-11-25(26-18-22(14-17-38)12-13-24(26)23-9-7-10-23)28(20-36(4)21-29(39)35(2)3)34-31(40)27-19-33-37-16-8-15-32-30(27)37/h8,11-13,15-16,18-20,23,38H,5-7,9-10,14,17,21H2,1-4H3,(H,34,40)/b25-11+,28-20+. The van der Waals surface area contributed by atoms with Crippen LogP contribution < -0.4 is 5.32 Å². The lowest BCUT2D eigenvalue weighted by atomic mass is 9.76. The molecule has 0 atom stereocenters. The van der Waals surface area contributed by atoms with E-state index >= 15 is 0 Å². The van der Waals surface area contributed by atoms with E-state index in [1.165, 1.54) is 18.2 Å². The summed E-state index contributed by atoms with van der Waals surface area (Å²) >= 11 is 0. The van der Waals surface area contributed by atoms with Gasteiger partial charge in [0.1, 0.15) is 5.56 Å². The summed E-state index contributed by atoms with van der Waals surface area (Å²) in [4.78, 5) is 33.9. The molecular formula is C31H40N6O3. The van der Waals surface area contributed by atoms with E-state index in [1.807, 2.05) is 13.2 Å². The summed E-state index contributed by atoms with van der Waals surface area (Å²) in [6.45, 7) is 2.34. The molecular weight excluding hydrogens is 504 g/mol. The molecule has 1 fully saturated rings. The van der Waals surface area contributed by atoms with Gasteiger partial charge in [0.15, 0.2) is 5.65 Å². The molecule has 0 saturated heterocycles. The van der Waals surface area contributed by atoms with Crippen molar-refractivity contribution in [2.45, 2.75) is 51.4 Å². The number of carbonyl (C=O) groups excluding carboxylic acids is 2. The number of unbranched alkanes of at least 4 members (excludes halogenated alkanes) is 1. The Morgan fingerprint density at radius 3 is 2.67 bits per heavy atom. The van der Waals surface area contributed by atoms with Gasteiger partial charge in [-0.1, -0.05) is 44.0 Å². The van der Waals surface area contributed by atoms with E-state index in [9.17, 15) is 14.7 Å². The molecule has 1 saturated carbocycles. The number of fused-ring (bicyclic) bond motifs is 1. The van der Waals surface area contributed by atoms with Crippen LogP contribution in [0.25, 0.3) is 11.2 Å². The Labute approximate surface area is 236 Å². The zero-order chi connectivity index (χ0) is 28.6. The molecule has 0 bridgehead atoms. The highest BCUT2D eigenvalue weighted by atomic mass is 16.3. The summed E-state index contributed by atoms with van der Waals surface area (Å²) < 4.78 is 1.57. The smallest absolute Gasteiger partial charge is 0.261 e. The second kappa shape index (κ2) is 13.4. The minimum absolute atomic E-state index is 0.0459. The highest BCUT2D eigenvalue weighted by molar-refractivity contribution is 6.02. The van der Waals surface area contributed by atoms with Crippen molar-refractivity contribution in [1.29, 1.82) is 0 Å². The molecule has 3 aromatic rings. The number of likely N-dealkylation sites (N-methyl/N-ethyl adjacent to an activating group) is 2. The zero-order valence-corrected chi connectivity index (χ0v) is 23.9. The zero-order valence-electron chi connectivity index (χ0n) is 23.9. The number of nitrogens with one attached hydrogen (secondary N) is 1. The molecule has 2 aromatic heterocycles. The lowest BCUT2D eigenvalue weighted by Gasteiger charge is -2.30. The minimum Gasteiger partial charge on any atom is -0.396 e. The maximum absolute atomic E-state index is 13.7. The number of hydrogen-bond acceptors (Lipinski definition) is 6. The average Bonchev–Trinajstić information content (AvgIpc) is 3.33. The monoisotopic (exact) mass is 544 g/mol. The molecule has 9 heteroatoms. The van der Waals surface area contributed by atoms with E-state index in [0.717, 1.165) is 42.4 Å². The number of nitrogens with zero attached hydrogens (tertiary/aromatic N) is 5. The number of benzene rings is 1. The Morgan fingerprint density at radius 1 is 1.20 bits per heavy atom. The van der Waals surface area contributed by atoms with Crippen molar-refractivity contribution < 1.29 is 14.7 Å². The second-order valence-corrected chi connectivity index (χ2v) is 10.6. The summed E-state index contributed by atoms with van der Waals surface area (Å²) in [5.41, 5.74) is 5.68. The molecule has 2 amide bonds. The van der Waals surface area contributed by atoms with Gasteiger partial charge in [0, 0.05) is 51.9 Å². The van der Waals surface area contributed by atoms with Gasteiger partial charge in [0.25, 0.3) is 5.91 Å². The van der Waals surface area contributed by atoms with Crippen LogP contribution in [0.15, 0.2) is 60.8 Å². The van der Waals surface area contributed by atoms with Crippen LogP contribution in [0.3, 0.4) is 0 Å². The number of aliphatic hydroxyl groups is 1. The molecule has 0 radical (unpaired) electrons. The van der Waals surface area contributed by atoms with Crippen LogP contribution in [-0.4, -0.2) is 75.6 Å². The fraction of sp³-hybridized carbons (Fsp3) is 0.419. The van der Waals surface area contributed by atoms with Crippen LogP contribution in [-0.2, 0) is 11.2 Å². The number of aromatic nitrogens is 3. The Hall–Kier alpha value is -3.98. The Bertz CT molecular complexity index is 1400. The SMILES string of the molecule is CCC/C=C(/C(=C\N(C)CC(=O)N(C)C)NC(=O)c1cnn2cccnc12)c1cc(CCO)ccc1C1CCC1. The molecule has 0 unspecified atom stereocenters. The molecule has 40 heavy (non-hydrogen) atoms. The van der Waals surface area contributed by atoms with Gasteiger partial charge < -0.3 is 20.2 Å². The lowest BCUT2D eigenvalue weighted by Crippen LogP contribution is -2.33. The largest absolute Gasteiger partial charge is 0.396 e. The molecule has 0 spiro atoms. The van der Waals surface area contributed by atoms with E-state index < -0.39 is 0 Å². The Morgan fingerprint density at radius 2 is 2.00 bits per heavy atom. The molecule has 1 aliphatic carbocycles. The second-order valence-electron chi connectivity index (χ2n) is 10.6. The van der Waals surface area contributed by atoms with Gasteiger partial charge in [-0.05, 0) is 54.4 Å². The molecule has 2 heterocycles. The molecule has 1 aliphatic rings. The number of aliphatic hydroxyl groups excluding tert-OH is 1. The predicted molar refractivity (Wildman–Crippen MR) is 157 cm³/mol. The summed E-state index contributed by atoms with van der Waals surface area (Å²) in [7, 11) is 5.28. The maximum Gasteiger partial charge on any atom is 0.261 e. The number of allylic oxidation sites excluding steroid dienone is 2. The van der Waals surface area contributed by atoms with Crippen molar-refractivity contribution in [3.63, 3.8) is 0 Å². The molecule has 9 nitrogen and oxygen atoms in total. The van der Waals surface area contributed by atoms with Gasteiger partial charge in [-0.3, -0.25) is 9.59 Å². The van der Waals surface area contributed by atoms with Crippen LogP contribution >= 0.6 is 0 Å². The first-order valence-corrected chi connectivity index (χ1v) is 14.0. The first-order chi connectivity index (χ1) is 19.3. The summed E-state index contributed by atoms with van der Waals surface area (Å²) in [6, 6.07) is 8.18. The molecule has 212 valence electrons. The van der Waals surface area contributed by atoms with Crippen molar-refractivity contribution in [3.05, 3.63) is 83.1 Å². The quantitative estimate of drug-likeness (QED) is 0.334. The van der Waals surface area contributed by atoms with E-state index in [2.05, 4.69) is 46.6 Å². The first-order valence-electron chi connectivity index (χ1n) is 14.0. The molecule has 2 N–H and O–H groups in total. The summed E-state index contributed by atoms with van der Waals surface area (Å²) in [5.74, 6) is 0.0823. The fourth-order valence-corrected chi connectivity index (χ4v) is 4.82. The van der Waals surface area contributed by atoms with Crippen molar-refractivity contribution in [2.24, 2.45) is 0 Å². The normalized spacial score (nSPS) is 14.2. The van der Waals surface area contributed by atoms with Crippen molar-refractivity contribution in [3.8, 4) is 0 Å². The van der Waals surface area contributed by atoms with Crippen LogP contribution in [0.5, 0.6) is 0 Å². The van der Waals surface area contributed by atoms with Gasteiger partial charge in [0.05, 0.1) is 18.4 Å². The Balaban J connectivity index is 1.81. The van der Waals surface area contributed by atoms with E-state index in [1.54, 1.807) is 46.9 Å².